The summed E-state index contributed by atoms with van der Waals surface area (Å²) in [7, 11) is 1.30. The maximum Gasteiger partial charge on any atom is 0.323 e. The minimum absolute atomic E-state index is 0.231. The first-order valence-corrected chi connectivity index (χ1v) is 7.46. The number of rotatable bonds is 5. The number of benzene rings is 1. The van der Waals surface area contributed by atoms with Gasteiger partial charge in [-0.1, -0.05) is 30.3 Å². The van der Waals surface area contributed by atoms with Gasteiger partial charge in [0.05, 0.1) is 4.91 Å². The number of imide groups is 1. The predicted molar refractivity (Wildman–Crippen MR) is 84.4 cm³/mol. The van der Waals surface area contributed by atoms with E-state index in [4.69, 9.17) is 5.11 Å². The maximum absolute atomic E-state index is 12.2. The van der Waals surface area contributed by atoms with Crippen molar-refractivity contribution < 1.29 is 24.3 Å². The number of carboxylic acids is 1. The van der Waals surface area contributed by atoms with Crippen LogP contribution in [0, 0.1) is 0 Å². The molecule has 2 rings (SSSR count). The van der Waals surface area contributed by atoms with Crippen LogP contribution < -0.4 is 0 Å². The first-order valence-electron chi connectivity index (χ1n) is 6.64. The van der Waals surface area contributed by atoms with E-state index in [1.807, 2.05) is 6.07 Å². The number of carbonyl (C=O) groups excluding carboxylic acids is 3. The number of likely N-dealkylation sites (N-methyl/N-ethyl adjacent to an activating group) is 1. The number of nitrogens with zero attached hydrogens (tertiary/aromatic N) is 2. The van der Waals surface area contributed by atoms with Gasteiger partial charge in [0.25, 0.3) is 11.1 Å². The van der Waals surface area contributed by atoms with Crippen LogP contribution in [-0.2, 0) is 14.4 Å². The molecule has 1 aromatic rings. The Balaban J connectivity index is 2.09. The lowest BCUT2D eigenvalue weighted by Crippen LogP contribution is -2.42. The van der Waals surface area contributed by atoms with Gasteiger partial charge in [-0.3, -0.25) is 24.1 Å². The molecule has 0 aliphatic carbocycles. The van der Waals surface area contributed by atoms with Crippen LogP contribution >= 0.6 is 11.8 Å². The van der Waals surface area contributed by atoms with Crippen molar-refractivity contribution in [2.24, 2.45) is 0 Å². The maximum atomic E-state index is 12.2. The number of amides is 3. The van der Waals surface area contributed by atoms with Gasteiger partial charge >= 0.3 is 5.97 Å². The Hall–Kier alpha value is -2.61. The molecule has 0 saturated carbocycles. The molecule has 0 bridgehead atoms. The molecule has 0 atom stereocenters. The zero-order valence-corrected chi connectivity index (χ0v) is 13.1. The molecular formula is C15H14N2O5S. The number of hydrogen-bond donors (Lipinski definition) is 1. The molecule has 0 radical (unpaired) electrons. The summed E-state index contributed by atoms with van der Waals surface area (Å²) >= 11 is 0.756. The van der Waals surface area contributed by atoms with E-state index in [1.165, 1.54) is 7.05 Å². The van der Waals surface area contributed by atoms with Crippen LogP contribution in [0.2, 0.25) is 0 Å². The highest BCUT2D eigenvalue weighted by Crippen LogP contribution is 2.31. The summed E-state index contributed by atoms with van der Waals surface area (Å²) < 4.78 is 0. The molecule has 1 N–H and O–H groups in total. The number of hydrogen-bond acceptors (Lipinski definition) is 5. The van der Waals surface area contributed by atoms with E-state index in [-0.39, 0.29) is 4.91 Å². The average Bonchev–Trinajstić information content (AvgIpc) is 2.75. The van der Waals surface area contributed by atoms with Crippen LogP contribution in [0.25, 0.3) is 6.08 Å². The SMILES string of the molecule is CN(CC(=O)O)C(=O)CN1C(=O)S/C(=C/c2ccccc2)C1=O. The van der Waals surface area contributed by atoms with Gasteiger partial charge in [-0.25, -0.2) is 0 Å². The smallest absolute Gasteiger partial charge is 0.323 e. The summed E-state index contributed by atoms with van der Waals surface area (Å²) in [6.45, 7) is -0.963. The highest BCUT2D eigenvalue weighted by molar-refractivity contribution is 8.18. The number of aliphatic carboxylic acids is 1. The van der Waals surface area contributed by atoms with Gasteiger partial charge in [-0.05, 0) is 23.4 Å². The molecule has 7 nitrogen and oxygen atoms in total. The lowest BCUT2D eigenvalue weighted by Gasteiger charge is -2.18. The molecule has 1 saturated heterocycles. The Morgan fingerprint density at radius 3 is 2.52 bits per heavy atom. The number of thioether (sulfide) groups is 1. The van der Waals surface area contributed by atoms with Gasteiger partial charge in [0, 0.05) is 7.05 Å². The van der Waals surface area contributed by atoms with Crippen molar-refractivity contribution in [1.29, 1.82) is 0 Å². The van der Waals surface area contributed by atoms with E-state index in [9.17, 15) is 19.2 Å². The van der Waals surface area contributed by atoms with E-state index in [0.717, 1.165) is 27.1 Å². The van der Waals surface area contributed by atoms with Crippen molar-refractivity contribution in [1.82, 2.24) is 9.80 Å². The van der Waals surface area contributed by atoms with E-state index in [2.05, 4.69) is 0 Å². The van der Waals surface area contributed by atoms with Gasteiger partial charge in [0.15, 0.2) is 0 Å². The van der Waals surface area contributed by atoms with E-state index in [1.54, 1.807) is 30.3 Å². The molecule has 1 aliphatic rings. The van der Waals surface area contributed by atoms with Crippen molar-refractivity contribution >= 4 is 40.9 Å². The van der Waals surface area contributed by atoms with Crippen molar-refractivity contribution in [2.75, 3.05) is 20.1 Å². The summed E-state index contributed by atoms with van der Waals surface area (Å²) in [5.74, 6) is -2.34. The molecule has 0 spiro atoms. The minimum atomic E-state index is -1.17. The Labute approximate surface area is 136 Å². The van der Waals surface area contributed by atoms with Crippen LogP contribution in [0.4, 0.5) is 4.79 Å². The molecule has 120 valence electrons. The molecule has 8 heteroatoms. The van der Waals surface area contributed by atoms with Crippen molar-refractivity contribution in [3.8, 4) is 0 Å². The highest BCUT2D eigenvalue weighted by atomic mass is 32.2. The summed E-state index contributed by atoms with van der Waals surface area (Å²) in [4.78, 5) is 48.6. The lowest BCUT2D eigenvalue weighted by atomic mass is 10.2. The molecule has 1 heterocycles. The third-order valence-corrected chi connectivity index (χ3v) is 3.97. The van der Waals surface area contributed by atoms with Crippen molar-refractivity contribution in [3.63, 3.8) is 0 Å². The van der Waals surface area contributed by atoms with E-state index in [0.29, 0.717) is 0 Å². The third-order valence-electron chi connectivity index (χ3n) is 3.06. The standard InChI is InChI=1S/C15H14N2O5S/c1-16(9-13(19)20)12(18)8-17-14(21)11(23-15(17)22)7-10-5-3-2-4-6-10/h2-7H,8-9H2,1H3,(H,19,20)/b11-7+. The minimum Gasteiger partial charge on any atom is -0.480 e. The summed E-state index contributed by atoms with van der Waals surface area (Å²) in [5.41, 5.74) is 0.771. The zero-order chi connectivity index (χ0) is 17.0. The predicted octanol–water partition coefficient (Wildman–Crippen LogP) is 1.27. The van der Waals surface area contributed by atoms with Crippen LogP contribution in [-0.4, -0.2) is 58.1 Å². The lowest BCUT2D eigenvalue weighted by molar-refractivity contribution is -0.144. The summed E-state index contributed by atoms with van der Waals surface area (Å²) in [6.07, 6.45) is 1.58. The summed E-state index contributed by atoms with van der Waals surface area (Å²) in [6, 6.07) is 9.03. The zero-order valence-electron chi connectivity index (χ0n) is 12.3. The first kappa shape index (κ1) is 16.8. The highest BCUT2D eigenvalue weighted by Gasteiger charge is 2.36. The fourth-order valence-electron chi connectivity index (χ4n) is 1.88. The second-order valence-corrected chi connectivity index (χ2v) is 5.82. The van der Waals surface area contributed by atoms with Crippen molar-refractivity contribution in [3.05, 3.63) is 40.8 Å². The van der Waals surface area contributed by atoms with Crippen molar-refractivity contribution in [2.45, 2.75) is 0 Å². The van der Waals surface area contributed by atoms with Crippen LogP contribution in [0.1, 0.15) is 5.56 Å². The molecule has 0 aromatic heterocycles. The molecule has 0 unspecified atom stereocenters. The largest absolute Gasteiger partial charge is 0.480 e. The van der Waals surface area contributed by atoms with Gasteiger partial charge in [0.1, 0.15) is 13.1 Å². The first-order chi connectivity index (χ1) is 10.9. The van der Waals surface area contributed by atoms with Crippen LogP contribution in [0.5, 0.6) is 0 Å². The molecular weight excluding hydrogens is 320 g/mol. The molecule has 1 aromatic carbocycles. The second-order valence-electron chi connectivity index (χ2n) is 4.82. The van der Waals surface area contributed by atoms with Gasteiger partial charge < -0.3 is 10.0 Å². The fraction of sp³-hybridized carbons (Fsp3) is 0.200. The average molecular weight is 334 g/mol. The molecule has 3 amide bonds. The topological polar surface area (TPSA) is 95.0 Å². The monoisotopic (exact) mass is 334 g/mol. The molecule has 1 aliphatic heterocycles. The Kier molecular flexibility index (Phi) is 5.17. The number of carboxylic acid groups (broad SMARTS) is 1. The van der Waals surface area contributed by atoms with Gasteiger partial charge in [0.2, 0.25) is 5.91 Å². The Morgan fingerprint density at radius 2 is 1.91 bits per heavy atom. The van der Waals surface area contributed by atoms with Gasteiger partial charge in [-0.2, -0.15) is 0 Å². The van der Waals surface area contributed by atoms with E-state index < -0.39 is 36.1 Å². The van der Waals surface area contributed by atoms with E-state index >= 15 is 0 Å². The van der Waals surface area contributed by atoms with Crippen LogP contribution in [0.15, 0.2) is 35.2 Å². The molecule has 1 fully saturated rings. The normalized spacial score (nSPS) is 16.0. The fourth-order valence-corrected chi connectivity index (χ4v) is 2.72. The number of carbonyl (C=O) groups is 4. The molecule has 23 heavy (non-hydrogen) atoms. The third kappa shape index (κ3) is 4.19. The van der Waals surface area contributed by atoms with Crippen LogP contribution in [0.3, 0.4) is 0 Å². The quantitative estimate of drug-likeness (QED) is 0.815. The Bertz CT molecular complexity index is 686. The van der Waals surface area contributed by atoms with Gasteiger partial charge in [-0.15, -0.1) is 0 Å². The summed E-state index contributed by atoms with van der Waals surface area (Å²) in [5, 5.41) is 8.10. The Morgan fingerprint density at radius 1 is 1.26 bits per heavy atom. The second kappa shape index (κ2) is 7.10.